The van der Waals surface area contributed by atoms with Crippen molar-refractivity contribution in [2.75, 3.05) is 12.4 Å². The molecule has 0 bridgehead atoms. The lowest BCUT2D eigenvalue weighted by molar-refractivity contribution is -0.154. The Bertz CT molecular complexity index is 1100. The number of alkyl halides is 1. The number of ether oxygens (including phenoxy) is 1. The van der Waals surface area contributed by atoms with Crippen molar-refractivity contribution >= 4 is 63.6 Å². The molecule has 2 atom stereocenters. The van der Waals surface area contributed by atoms with Gasteiger partial charge in [0.2, 0.25) is 5.79 Å². The number of amides is 3. The number of nitrogens with two attached hydrogens (primary N) is 1. The first kappa shape index (κ1) is 23.0. The third-order valence-corrected chi connectivity index (χ3v) is 6.00. The number of carbonyl (C=O) groups excluding carboxylic acids is 2. The predicted molar refractivity (Wildman–Crippen MR) is 121 cm³/mol. The number of carbonyl (C=O) groups is 2. The molecule has 31 heavy (non-hydrogen) atoms. The second-order valence-corrected chi connectivity index (χ2v) is 7.86. The smallest absolute Gasteiger partial charge is 0.317 e. The molecule has 1 aromatic carbocycles. The first-order chi connectivity index (χ1) is 14.6. The molecule has 2 unspecified atom stereocenters. The molecule has 3 amide bonds. The maximum atomic E-state index is 12.4. The number of rotatable bonds is 5. The summed E-state index contributed by atoms with van der Waals surface area (Å²) in [4.78, 5) is 21.5. The van der Waals surface area contributed by atoms with E-state index < -0.39 is 22.6 Å². The third-order valence-electron chi connectivity index (χ3n) is 4.55. The molecule has 0 aliphatic heterocycles. The van der Waals surface area contributed by atoms with Gasteiger partial charge in [-0.15, -0.1) is 11.6 Å². The van der Waals surface area contributed by atoms with E-state index in [1.54, 1.807) is 30.3 Å². The lowest BCUT2D eigenvalue weighted by Crippen LogP contribution is -2.61. The molecule has 3 rings (SSSR count). The highest BCUT2D eigenvalue weighted by Gasteiger charge is 2.56. The summed E-state index contributed by atoms with van der Waals surface area (Å²) < 4.78 is 10.3. The number of urea groups is 1. The van der Waals surface area contributed by atoms with Gasteiger partial charge >= 0.3 is 6.03 Å². The molecule has 1 aliphatic carbocycles. The first-order valence-electron chi connectivity index (χ1n) is 8.74. The third kappa shape index (κ3) is 4.23. The van der Waals surface area contributed by atoms with E-state index in [1.807, 2.05) is 0 Å². The van der Waals surface area contributed by atoms with Crippen LogP contribution in [-0.2, 0) is 4.74 Å². The highest BCUT2D eigenvalue weighted by atomic mass is 35.5. The minimum absolute atomic E-state index is 0.119. The fourth-order valence-corrected chi connectivity index (χ4v) is 4.05. The van der Waals surface area contributed by atoms with Crippen LogP contribution in [0.4, 0.5) is 10.5 Å². The van der Waals surface area contributed by atoms with Crippen LogP contribution in [0.2, 0.25) is 0 Å². The SMILES string of the molecule is COC1(O)C(Cl)=CC(c2ccccc2NC(=O)c2ccco2)=CC1(Cl)C(=S)NC(N)=O. The summed E-state index contributed by atoms with van der Waals surface area (Å²) in [5, 5.41) is 15.7. The number of nitrogens with one attached hydrogen (secondary N) is 2. The molecule has 1 aliphatic rings. The van der Waals surface area contributed by atoms with E-state index in [4.69, 9.17) is 50.3 Å². The number of para-hydroxylation sites is 1. The summed E-state index contributed by atoms with van der Waals surface area (Å²) in [7, 11) is 1.18. The number of benzene rings is 1. The van der Waals surface area contributed by atoms with Crippen molar-refractivity contribution in [2.24, 2.45) is 5.73 Å². The van der Waals surface area contributed by atoms with E-state index in [2.05, 4.69) is 10.6 Å². The van der Waals surface area contributed by atoms with Crippen LogP contribution < -0.4 is 16.4 Å². The highest BCUT2D eigenvalue weighted by Crippen LogP contribution is 2.47. The van der Waals surface area contributed by atoms with Crippen molar-refractivity contribution < 1.29 is 23.8 Å². The Morgan fingerprint density at radius 2 is 1.97 bits per heavy atom. The van der Waals surface area contributed by atoms with Gasteiger partial charge in [-0.1, -0.05) is 42.0 Å². The fourth-order valence-electron chi connectivity index (χ4n) is 3.02. The van der Waals surface area contributed by atoms with Gasteiger partial charge in [0.15, 0.2) is 10.6 Å². The number of primary amides is 1. The summed E-state index contributed by atoms with van der Waals surface area (Å²) in [6.07, 6.45) is 4.16. The first-order valence-corrected chi connectivity index (χ1v) is 9.91. The maximum Gasteiger partial charge on any atom is 0.317 e. The summed E-state index contributed by atoms with van der Waals surface area (Å²) in [6.45, 7) is 0. The average Bonchev–Trinajstić information content (AvgIpc) is 3.26. The Morgan fingerprint density at radius 3 is 2.58 bits per heavy atom. The Morgan fingerprint density at radius 1 is 1.26 bits per heavy atom. The van der Waals surface area contributed by atoms with Gasteiger partial charge in [0.1, 0.15) is 4.99 Å². The van der Waals surface area contributed by atoms with Crippen molar-refractivity contribution in [1.82, 2.24) is 5.32 Å². The second kappa shape index (κ2) is 8.81. The van der Waals surface area contributed by atoms with E-state index in [9.17, 15) is 14.7 Å². The van der Waals surface area contributed by atoms with Gasteiger partial charge in [0, 0.05) is 18.4 Å². The number of furan rings is 1. The van der Waals surface area contributed by atoms with Crippen LogP contribution in [0.15, 0.2) is 64.3 Å². The van der Waals surface area contributed by atoms with Crippen molar-refractivity contribution in [2.45, 2.75) is 10.7 Å². The highest BCUT2D eigenvalue weighted by molar-refractivity contribution is 7.80. The molecular formula is C20H17Cl2N3O5S. The van der Waals surface area contributed by atoms with Gasteiger partial charge in [0.25, 0.3) is 5.91 Å². The monoisotopic (exact) mass is 481 g/mol. The van der Waals surface area contributed by atoms with Crippen LogP contribution in [0.1, 0.15) is 16.1 Å². The van der Waals surface area contributed by atoms with E-state index >= 15 is 0 Å². The average molecular weight is 482 g/mol. The van der Waals surface area contributed by atoms with Crippen molar-refractivity contribution in [3.63, 3.8) is 0 Å². The molecule has 0 fully saturated rings. The van der Waals surface area contributed by atoms with Gasteiger partial charge in [-0.05, 0) is 35.9 Å². The van der Waals surface area contributed by atoms with Crippen molar-refractivity contribution in [3.05, 3.63) is 71.2 Å². The lowest BCUT2D eigenvalue weighted by atomic mass is 9.85. The normalized spacial score (nSPS) is 22.8. The van der Waals surface area contributed by atoms with Crippen LogP contribution in [0.25, 0.3) is 5.57 Å². The zero-order valence-electron chi connectivity index (χ0n) is 16.0. The summed E-state index contributed by atoms with van der Waals surface area (Å²) >= 11 is 18.2. The van der Waals surface area contributed by atoms with Crippen LogP contribution in [0.3, 0.4) is 0 Å². The molecule has 0 saturated carbocycles. The Kier molecular flexibility index (Phi) is 6.54. The second-order valence-electron chi connectivity index (χ2n) is 6.45. The van der Waals surface area contributed by atoms with Gasteiger partial charge in [-0.25, -0.2) is 4.79 Å². The molecule has 0 spiro atoms. The van der Waals surface area contributed by atoms with E-state index in [1.165, 1.54) is 31.6 Å². The minimum Gasteiger partial charge on any atom is -0.459 e. The van der Waals surface area contributed by atoms with E-state index in [0.717, 1.165) is 0 Å². The summed E-state index contributed by atoms with van der Waals surface area (Å²) in [5.74, 6) is -2.64. The molecule has 1 aromatic heterocycles. The van der Waals surface area contributed by atoms with Gasteiger partial charge in [-0.2, -0.15) is 0 Å². The number of halogens is 2. The molecule has 0 radical (unpaired) electrons. The van der Waals surface area contributed by atoms with Crippen LogP contribution >= 0.6 is 35.4 Å². The van der Waals surface area contributed by atoms with Crippen LogP contribution in [0.5, 0.6) is 0 Å². The Hall–Kier alpha value is -2.69. The number of hydrogen-bond acceptors (Lipinski definition) is 6. The van der Waals surface area contributed by atoms with Crippen molar-refractivity contribution in [1.29, 1.82) is 0 Å². The minimum atomic E-state index is -2.29. The van der Waals surface area contributed by atoms with Gasteiger partial charge in [-0.3, -0.25) is 4.79 Å². The molecular weight excluding hydrogens is 465 g/mol. The van der Waals surface area contributed by atoms with Gasteiger partial charge < -0.3 is 30.6 Å². The molecule has 1 heterocycles. The maximum absolute atomic E-state index is 12.4. The van der Waals surface area contributed by atoms with Crippen LogP contribution in [0, 0.1) is 0 Å². The fraction of sp³-hybridized carbons (Fsp3) is 0.150. The summed E-state index contributed by atoms with van der Waals surface area (Å²) in [6, 6.07) is 8.94. The van der Waals surface area contributed by atoms with Gasteiger partial charge in [0.05, 0.1) is 11.3 Å². The number of methoxy groups -OCH3 is 1. The zero-order chi connectivity index (χ0) is 22.8. The molecule has 11 heteroatoms. The molecule has 8 nitrogen and oxygen atoms in total. The number of aliphatic hydroxyl groups is 1. The zero-order valence-corrected chi connectivity index (χ0v) is 18.3. The lowest BCUT2D eigenvalue weighted by Gasteiger charge is -2.42. The number of allylic oxidation sites excluding steroid dienone is 2. The van der Waals surface area contributed by atoms with Crippen LogP contribution in [-0.4, -0.2) is 39.8 Å². The molecule has 162 valence electrons. The number of hydrogen-bond donors (Lipinski definition) is 4. The molecule has 2 aromatic rings. The number of anilines is 1. The Balaban J connectivity index is 2.08. The summed E-state index contributed by atoms with van der Waals surface area (Å²) in [5.41, 5.74) is 6.46. The standard InChI is InChI=1S/C20H17Cl2N3O5S/c1-29-20(28)15(21)9-11(10-19(20,22)17(31)25-18(23)27)12-5-2-3-6-13(12)24-16(26)14-7-4-8-30-14/h2-10,28H,1H3,(H,24,26)(H3,23,25,27,31). The Labute approximate surface area is 192 Å². The quantitative estimate of drug-likeness (QED) is 0.294. The molecule has 0 saturated heterocycles. The predicted octanol–water partition coefficient (Wildman–Crippen LogP) is 3.36. The number of thiocarbonyl (C=S) groups is 1. The van der Waals surface area contributed by atoms with Crippen molar-refractivity contribution in [3.8, 4) is 0 Å². The topological polar surface area (TPSA) is 127 Å². The van der Waals surface area contributed by atoms with E-state index in [-0.39, 0.29) is 15.8 Å². The van der Waals surface area contributed by atoms with E-state index in [0.29, 0.717) is 16.8 Å². The molecule has 5 N–H and O–H groups in total. The largest absolute Gasteiger partial charge is 0.459 e.